The van der Waals surface area contributed by atoms with Crippen LogP contribution in [0.4, 0.5) is 9.59 Å². The molecule has 0 aliphatic rings. The van der Waals surface area contributed by atoms with Gasteiger partial charge >= 0.3 is 12.2 Å². The first kappa shape index (κ1) is 34.5. The quantitative estimate of drug-likeness (QED) is 0.144. The van der Waals surface area contributed by atoms with Gasteiger partial charge in [-0.25, -0.2) is 9.59 Å². The van der Waals surface area contributed by atoms with Gasteiger partial charge < -0.3 is 19.3 Å². The van der Waals surface area contributed by atoms with E-state index in [1.54, 1.807) is 4.90 Å². The number of amides is 2. The third kappa shape index (κ3) is 16.3. The number of ether oxygens (including phenoxy) is 2. The highest BCUT2D eigenvalue weighted by molar-refractivity contribution is 5.68. The lowest BCUT2D eigenvalue weighted by Gasteiger charge is -2.26. The summed E-state index contributed by atoms with van der Waals surface area (Å²) in [5.41, 5.74) is 0. The van der Waals surface area contributed by atoms with Crippen molar-refractivity contribution >= 4 is 12.2 Å². The Labute approximate surface area is 223 Å². The fraction of sp³-hybridized carbons (Fsp3) is 0.933. The lowest BCUT2D eigenvalue weighted by molar-refractivity contribution is 0.0456. The Kier molecular flexibility index (Phi) is 20.7. The summed E-state index contributed by atoms with van der Waals surface area (Å²) in [5, 5.41) is 0. The second-order valence-electron chi connectivity index (χ2n) is 10.9. The Hall–Kier alpha value is -1.46. The van der Waals surface area contributed by atoms with Crippen molar-refractivity contribution in [3.05, 3.63) is 0 Å². The van der Waals surface area contributed by atoms with Crippen LogP contribution in [0.1, 0.15) is 132 Å². The number of rotatable bonds is 21. The molecule has 6 nitrogen and oxygen atoms in total. The fourth-order valence-corrected chi connectivity index (χ4v) is 4.00. The zero-order valence-corrected chi connectivity index (χ0v) is 25.2. The van der Waals surface area contributed by atoms with Gasteiger partial charge in [-0.3, -0.25) is 0 Å². The number of hydrogen-bond acceptors (Lipinski definition) is 4. The summed E-state index contributed by atoms with van der Waals surface area (Å²) >= 11 is 0. The number of unbranched alkanes of at least 4 members (excludes halogenated alkanes) is 8. The predicted octanol–water partition coefficient (Wildman–Crippen LogP) is 8.67. The molecule has 0 aromatic heterocycles. The third-order valence-electron chi connectivity index (χ3n) is 7.36. The summed E-state index contributed by atoms with van der Waals surface area (Å²) in [5.74, 6) is 0.686. The lowest BCUT2D eigenvalue weighted by Crippen LogP contribution is -2.36. The number of carbonyl (C=O) groups is 2. The molecule has 0 saturated heterocycles. The van der Waals surface area contributed by atoms with E-state index < -0.39 is 0 Å². The average molecular weight is 513 g/mol. The minimum absolute atomic E-state index is 0.0549. The van der Waals surface area contributed by atoms with E-state index in [4.69, 9.17) is 9.47 Å². The predicted molar refractivity (Wildman–Crippen MR) is 151 cm³/mol. The topological polar surface area (TPSA) is 59.1 Å². The molecule has 0 aromatic carbocycles. The van der Waals surface area contributed by atoms with Crippen LogP contribution < -0.4 is 0 Å². The minimum Gasteiger partial charge on any atom is -0.446 e. The van der Waals surface area contributed by atoms with Crippen LogP contribution in [0.2, 0.25) is 0 Å². The second kappa shape index (κ2) is 21.6. The van der Waals surface area contributed by atoms with Gasteiger partial charge in [0, 0.05) is 26.2 Å². The molecule has 0 radical (unpaired) electrons. The molecule has 214 valence electrons. The highest BCUT2D eigenvalue weighted by atomic mass is 16.6. The van der Waals surface area contributed by atoms with Crippen molar-refractivity contribution in [1.29, 1.82) is 0 Å². The van der Waals surface area contributed by atoms with E-state index in [1.165, 1.54) is 32.1 Å². The highest BCUT2D eigenvalue weighted by Crippen LogP contribution is 2.18. The molecule has 0 fully saturated rings. The molecule has 0 heterocycles. The van der Waals surface area contributed by atoms with Crippen molar-refractivity contribution in [2.45, 2.75) is 145 Å². The van der Waals surface area contributed by atoms with Crippen molar-refractivity contribution in [3.63, 3.8) is 0 Å². The number of hydrogen-bond donors (Lipinski definition) is 0. The van der Waals surface area contributed by atoms with Crippen LogP contribution in [-0.2, 0) is 9.47 Å². The smallest absolute Gasteiger partial charge is 0.410 e. The SMILES string of the molecule is CCCCCCN(CCCCCCCC(C)C(C)OC(=O)N(CC)CCCC)C(=O)OC(C)C(C)C. The number of nitrogens with zero attached hydrogens (tertiary/aromatic N) is 2. The maximum atomic E-state index is 12.7. The Bertz CT molecular complexity index is 555. The van der Waals surface area contributed by atoms with E-state index in [0.717, 1.165) is 64.6 Å². The van der Waals surface area contributed by atoms with Gasteiger partial charge in [0.2, 0.25) is 0 Å². The Morgan fingerprint density at radius 1 is 0.583 bits per heavy atom. The average Bonchev–Trinajstić information content (AvgIpc) is 2.84. The summed E-state index contributed by atoms with van der Waals surface area (Å²) in [6.45, 7) is 19.8. The molecule has 3 atom stereocenters. The molecule has 0 spiro atoms. The largest absolute Gasteiger partial charge is 0.446 e. The van der Waals surface area contributed by atoms with E-state index in [0.29, 0.717) is 18.4 Å². The van der Waals surface area contributed by atoms with Gasteiger partial charge in [0.25, 0.3) is 0 Å². The lowest BCUT2D eigenvalue weighted by atomic mass is 9.98. The van der Waals surface area contributed by atoms with Gasteiger partial charge in [-0.15, -0.1) is 0 Å². The van der Waals surface area contributed by atoms with Crippen molar-refractivity contribution < 1.29 is 19.1 Å². The van der Waals surface area contributed by atoms with E-state index in [9.17, 15) is 9.59 Å². The Morgan fingerprint density at radius 2 is 1.06 bits per heavy atom. The van der Waals surface area contributed by atoms with Crippen molar-refractivity contribution in [2.24, 2.45) is 11.8 Å². The van der Waals surface area contributed by atoms with Crippen LogP contribution in [0.5, 0.6) is 0 Å². The van der Waals surface area contributed by atoms with Crippen molar-refractivity contribution in [1.82, 2.24) is 9.80 Å². The van der Waals surface area contributed by atoms with Crippen LogP contribution >= 0.6 is 0 Å². The van der Waals surface area contributed by atoms with Crippen molar-refractivity contribution in [2.75, 3.05) is 26.2 Å². The monoisotopic (exact) mass is 512 g/mol. The molecule has 0 rings (SSSR count). The summed E-state index contributed by atoms with van der Waals surface area (Å²) in [4.78, 5) is 28.8. The standard InChI is InChI=1S/C30H60N2O4/c1-9-12-14-19-23-32(30(34)35-27(7)25(4)5)24-20-17-15-16-18-21-26(6)28(8)36-29(33)31(11-3)22-13-10-2/h25-28H,9-24H2,1-8H3. The van der Waals surface area contributed by atoms with Gasteiger partial charge in [-0.2, -0.15) is 0 Å². The van der Waals surface area contributed by atoms with Gasteiger partial charge in [-0.05, 0) is 58.3 Å². The summed E-state index contributed by atoms with van der Waals surface area (Å²) < 4.78 is 11.4. The van der Waals surface area contributed by atoms with Gasteiger partial charge in [0.05, 0.1) is 0 Å². The van der Waals surface area contributed by atoms with Crippen LogP contribution in [0.25, 0.3) is 0 Å². The molecule has 6 heteroatoms. The van der Waals surface area contributed by atoms with Crippen LogP contribution in [0, 0.1) is 11.8 Å². The first-order valence-electron chi connectivity index (χ1n) is 15.1. The zero-order chi connectivity index (χ0) is 27.3. The van der Waals surface area contributed by atoms with Gasteiger partial charge in [0.1, 0.15) is 12.2 Å². The second-order valence-corrected chi connectivity index (χ2v) is 10.9. The van der Waals surface area contributed by atoms with E-state index >= 15 is 0 Å². The van der Waals surface area contributed by atoms with E-state index in [2.05, 4.69) is 34.6 Å². The molecule has 0 aliphatic heterocycles. The van der Waals surface area contributed by atoms with Gasteiger partial charge in [-0.1, -0.05) is 86.0 Å². The van der Waals surface area contributed by atoms with Crippen LogP contribution in [0.15, 0.2) is 0 Å². The molecule has 2 amide bonds. The molecule has 36 heavy (non-hydrogen) atoms. The first-order chi connectivity index (χ1) is 17.2. The molecule has 0 aromatic rings. The van der Waals surface area contributed by atoms with E-state index in [-0.39, 0.29) is 24.4 Å². The zero-order valence-electron chi connectivity index (χ0n) is 25.2. The maximum absolute atomic E-state index is 12.7. The maximum Gasteiger partial charge on any atom is 0.410 e. The Morgan fingerprint density at radius 3 is 1.61 bits per heavy atom. The molecule has 0 aliphatic carbocycles. The van der Waals surface area contributed by atoms with Crippen LogP contribution in [0.3, 0.4) is 0 Å². The van der Waals surface area contributed by atoms with Crippen LogP contribution in [-0.4, -0.2) is 60.4 Å². The third-order valence-corrected chi connectivity index (χ3v) is 7.36. The van der Waals surface area contributed by atoms with Crippen molar-refractivity contribution in [3.8, 4) is 0 Å². The fourth-order valence-electron chi connectivity index (χ4n) is 4.00. The van der Waals surface area contributed by atoms with E-state index in [1.807, 2.05) is 25.7 Å². The molecule has 3 unspecified atom stereocenters. The highest BCUT2D eigenvalue weighted by Gasteiger charge is 2.21. The molecular weight excluding hydrogens is 452 g/mol. The Balaban J connectivity index is 4.26. The normalized spacial score (nSPS) is 13.8. The first-order valence-corrected chi connectivity index (χ1v) is 15.1. The minimum atomic E-state index is -0.175. The molecule has 0 saturated carbocycles. The molecule has 0 bridgehead atoms. The summed E-state index contributed by atoms with van der Waals surface area (Å²) in [7, 11) is 0. The summed E-state index contributed by atoms with van der Waals surface area (Å²) in [6, 6.07) is 0. The molecular formula is C30H60N2O4. The van der Waals surface area contributed by atoms with Gasteiger partial charge in [0.15, 0.2) is 0 Å². The number of carbonyl (C=O) groups excluding carboxylic acids is 2. The molecule has 0 N–H and O–H groups in total. The summed E-state index contributed by atoms with van der Waals surface area (Å²) in [6.07, 6.45) is 13.0.